The van der Waals surface area contributed by atoms with E-state index in [9.17, 15) is 8.42 Å². The predicted octanol–water partition coefficient (Wildman–Crippen LogP) is -0.131. The van der Waals surface area contributed by atoms with Crippen LogP contribution >= 0.6 is 0 Å². The summed E-state index contributed by atoms with van der Waals surface area (Å²) in [5.74, 6) is 0.625. The molecule has 0 spiro atoms. The number of H-pyrrole nitrogens is 1. The summed E-state index contributed by atoms with van der Waals surface area (Å²) in [7, 11) is -0.716. The summed E-state index contributed by atoms with van der Waals surface area (Å²) >= 11 is 0. The summed E-state index contributed by atoms with van der Waals surface area (Å²) < 4.78 is 35.7. The van der Waals surface area contributed by atoms with Gasteiger partial charge in [-0.3, -0.25) is 0 Å². The van der Waals surface area contributed by atoms with Gasteiger partial charge >= 0.3 is 0 Å². The van der Waals surface area contributed by atoms with E-state index in [4.69, 9.17) is 9.47 Å². The molecule has 1 aromatic rings. The maximum atomic E-state index is 11.8. The van der Waals surface area contributed by atoms with E-state index in [1.807, 2.05) is 6.92 Å². The highest BCUT2D eigenvalue weighted by molar-refractivity contribution is 7.89. The van der Waals surface area contributed by atoms with Gasteiger partial charge in [-0.1, -0.05) is 6.92 Å². The number of aryl methyl sites for hydroxylation is 1. The lowest BCUT2D eigenvalue weighted by molar-refractivity contribution is -0.0960. The second kappa shape index (κ2) is 6.10. The SMILES string of the molecule is CCc1ncc(S(=O)(=O)NCC(OC)OC)[nH]1. The van der Waals surface area contributed by atoms with E-state index in [2.05, 4.69) is 14.7 Å². The molecule has 0 atom stereocenters. The molecule has 0 aromatic carbocycles. The molecule has 0 aliphatic rings. The normalized spacial score (nSPS) is 12.2. The van der Waals surface area contributed by atoms with Crippen molar-refractivity contribution in [1.29, 1.82) is 0 Å². The zero-order chi connectivity index (χ0) is 12.9. The van der Waals surface area contributed by atoms with Crippen LogP contribution in [0.15, 0.2) is 11.2 Å². The van der Waals surface area contributed by atoms with Crippen LogP contribution in [0.25, 0.3) is 0 Å². The van der Waals surface area contributed by atoms with Crippen LogP contribution in [0, 0.1) is 0 Å². The van der Waals surface area contributed by atoms with Crippen molar-refractivity contribution >= 4 is 10.0 Å². The van der Waals surface area contributed by atoms with Crippen molar-refractivity contribution in [1.82, 2.24) is 14.7 Å². The summed E-state index contributed by atoms with van der Waals surface area (Å²) in [6.07, 6.45) is 1.32. The van der Waals surface area contributed by atoms with Crippen LogP contribution in [-0.4, -0.2) is 45.4 Å². The van der Waals surface area contributed by atoms with E-state index in [1.54, 1.807) is 0 Å². The van der Waals surface area contributed by atoms with Crippen molar-refractivity contribution in [3.8, 4) is 0 Å². The highest BCUT2D eigenvalue weighted by Gasteiger charge is 2.18. The molecule has 98 valence electrons. The van der Waals surface area contributed by atoms with Crippen LogP contribution in [0.4, 0.5) is 0 Å². The molecule has 1 heterocycles. The summed E-state index contributed by atoms with van der Waals surface area (Å²) in [6, 6.07) is 0. The van der Waals surface area contributed by atoms with E-state index in [0.717, 1.165) is 0 Å². The second-order valence-electron chi connectivity index (χ2n) is 3.30. The number of hydrogen-bond acceptors (Lipinski definition) is 5. The van der Waals surface area contributed by atoms with Crippen LogP contribution < -0.4 is 4.72 Å². The number of aromatic nitrogens is 2. The molecular weight excluding hydrogens is 246 g/mol. The maximum Gasteiger partial charge on any atom is 0.257 e. The molecule has 0 aliphatic carbocycles. The molecule has 0 saturated heterocycles. The van der Waals surface area contributed by atoms with Crippen molar-refractivity contribution in [3.05, 3.63) is 12.0 Å². The Morgan fingerprint density at radius 3 is 2.59 bits per heavy atom. The topological polar surface area (TPSA) is 93.3 Å². The first-order valence-electron chi connectivity index (χ1n) is 5.12. The van der Waals surface area contributed by atoms with Crippen LogP contribution in [0.3, 0.4) is 0 Å². The van der Waals surface area contributed by atoms with Gasteiger partial charge in [0.05, 0.1) is 12.7 Å². The Bertz CT molecular complexity index is 439. The zero-order valence-corrected chi connectivity index (χ0v) is 10.9. The van der Waals surface area contributed by atoms with Crippen LogP contribution in [0.5, 0.6) is 0 Å². The molecule has 7 nitrogen and oxygen atoms in total. The van der Waals surface area contributed by atoms with Gasteiger partial charge in [0.15, 0.2) is 11.3 Å². The van der Waals surface area contributed by atoms with Crippen LogP contribution in [0.2, 0.25) is 0 Å². The minimum atomic E-state index is -3.59. The molecule has 0 saturated carbocycles. The number of imidazole rings is 1. The standard InChI is InChI=1S/C9H17N3O4S/c1-4-7-10-5-8(12-7)17(13,14)11-6-9(15-2)16-3/h5,9,11H,4,6H2,1-3H3,(H,10,12). The van der Waals surface area contributed by atoms with Gasteiger partial charge in [0.2, 0.25) is 0 Å². The Kier molecular flexibility index (Phi) is 5.06. The zero-order valence-electron chi connectivity index (χ0n) is 10.1. The first-order valence-corrected chi connectivity index (χ1v) is 6.61. The van der Waals surface area contributed by atoms with E-state index in [1.165, 1.54) is 20.4 Å². The number of sulfonamides is 1. The van der Waals surface area contributed by atoms with Crippen molar-refractivity contribution in [2.24, 2.45) is 0 Å². The van der Waals surface area contributed by atoms with E-state index in [-0.39, 0.29) is 11.6 Å². The lowest BCUT2D eigenvalue weighted by atomic mass is 10.5. The number of rotatable bonds is 7. The fraction of sp³-hybridized carbons (Fsp3) is 0.667. The largest absolute Gasteiger partial charge is 0.355 e. The number of hydrogen-bond donors (Lipinski definition) is 2. The Morgan fingerprint density at radius 1 is 1.47 bits per heavy atom. The lowest BCUT2D eigenvalue weighted by Gasteiger charge is -2.13. The Labute approximate surface area is 101 Å². The summed E-state index contributed by atoms with van der Waals surface area (Å²) in [6.45, 7) is 1.92. The van der Waals surface area contributed by atoms with Crippen LogP contribution in [0.1, 0.15) is 12.7 Å². The van der Waals surface area contributed by atoms with E-state index in [0.29, 0.717) is 12.2 Å². The number of nitrogens with one attached hydrogen (secondary N) is 2. The van der Waals surface area contributed by atoms with Gasteiger partial charge < -0.3 is 14.5 Å². The highest BCUT2D eigenvalue weighted by atomic mass is 32.2. The lowest BCUT2D eigenvalue weighted by Crippen LogP contribution is -2.34. The molecule has 0 bridgehead atoms. The summed E-state index contributed by atoms with van der Waals surface area (Å²) in [4.78, 5) is 6.65. The number of nitrogens with zero attached hydrogens (tertiary/aromatic N) is 1. The van der Waals surface area contributed by atoms with Crippen molar-refractivity contribution in [3.63, 3.8) is 0 Å². The third-order valence-electron chi connectivity index (χ3n) is 2.20. The quantitative estimate of drug-likeness (QED) is 0.668. The average molecular weight is 263 g/mol. The second-order valence-corrected chi connectivity index (χ2v) is 5.04. The monoisotopic (exact) mass is 263 g/mol. The van der Waals surface area contributed by atoms with Gasteiger partial charge in [-0.2, -0.15) is 0 Å². The number of aromatic amines is 1. The minimum Gasteiger partial charge on any atom is -0.355 e. The third-order valence-corrected chi connectivity index (χ3v) is 3.53. The van der Waals surface area contributed by atoms with Gasteiger partial charge in [-0.25, -0.2) is 18.1 Å². The fourth-order valence-corrected chi connectivity index (χ4v) is 2.13. The fourth-order valence-electron chi connectivity index (χ4n) is 1.18. The first-order chi connectivity index (χ1) is 8.03. The van der Waals surface area contributed by atoms with Gasteiger partial charge in [-0.05, 0) is 0 Å². The van der Waals surface area contributed by atoms with Crippen molar-refractivity contribution < 1.29 is 17.9 Å². The van der Waals surface area contributed by atoms with Gasteiger partial charge in [0.1, 0.15) is 5.82 Å². The highest BCUT2D eigenvalue weighted by Crippen LogP contribution is 2.06. The molecule has 0 aliphatic heterocycles. The molecule has 8 heteroatoms. The van der Waals surface area contributed by atoms with Crippen LogP contribution in [-0.2, 0) is 25.9 Å². The molecule has 17 heavy (non-hydrogen) atoms. The molecule has 1 rings (SSSR count). The van der Waals surface area contributed by atoms with Crippen molar-refractivity contribution in [2.75, 3.05) is 20.8 Å². The maximum absolute atomic E-state index is 11.8. The Balaban J connectivity index is 2.68. The van der Waals surface area contributed by atoms with E-state index >= 15 is 0 Å². The Hall–Kier alpha value is -0.960. The number of methoxy groups -OCH3 is 2. The first kappa shape index (κ1) is 14.1. The minimum absolute atomic E-state index is 0.0375. The predicted molar refractivity (Wildman–Crippen MR) is 61.0 cm³/mol. The Morgan fingerprint density at radius 2 is 2.12 bits per heavy atom. The number of ether oxygens (including phenoxy) is 2. The van der Waals surface area contributed by atoms with Crippen molar-refractivity contribution in [2.45, 2.75) is 24.7 Å². The molecule has 1 aromatic heterocycles. The molecule has 0 radical (unpaired) electrons. The third kappa shape index (κ3) is 3.77. The molecule has 2 N–H and O–H groups in total. The van der Waals surface area contributed by atoms with Gasteiger partial charge in [-0.15, -0.1) is 0 Å². The smallest absolute Gasteiger partial charge is 0.257 e. The van der Waals surface area contributed by atoms with E-state index < -0.39 is 16.3 Å². The molecule has 0 amide bonds. The molecule has 0 unspecified atom stereocenters. The molecular formula is C9H17N3O4S. The average Bonchev–Trinajstić information content (AvgIpc) is 2.79. The summed E-state index contributed by atoms with van der Waals surface area (Å²) in [5.41, 5.74) is 0. The summed E-state index contributed by atoms with van der Waals surface area (Å²) in [5, 5.41) is 0.0420. The molecule has 0 fully saturated rings. The van der Waals surface area contributed by atoms with Gasteiger partial charge in [0.25, 0.3) is 10.0 Å². The van der Waals surface area contributed by atoms with Gasteiger partial charge in [0, 0.05) is 20.6 Å².